The lowest BCUT2D eigenvalue weighted by atomic mass is 10.1. The van der Waals surface area contributed by atoms with Gasteiger partial charge in [-0.25, -0.2) is 4.79 Å². The van der Waals surface area contributed by atoms with Crippen LogP contribution in [0.5, 0.6) is 5.75 Å². The highest BCUT2D eigenvalue weighted by Crippen LogP contribution is 2.26. The molecule has 0 atom stereocenters. The second-order valence-electron chi connectivity index (χ2n) is 4.32. The third-order valence-corrected chi connectivity index (χ3v) is 2.84. The molecule has 0 unspecified atom stereocenters. The van der Waals surface area contributed by atoms with Crippen molar-refractivity contribution in [2.75, 3.05) is 19.5 Å². The number of amides is 1. The van der Waals surface area contributed by atoms with Crippen LogP contribution in [0.25, 0.3) is 10.9 Å². The molecule has 0 saturated carbocycles. The van der Waals surface area contributed by atoms with Crippen LogP contribution < -0.4 is 15.5 Å². The van der Waals surface area contributed by atoms with Crippen LogP contribution in [0.15, 0.2) is 23.0 Å². The maximum Gasteiger partial charge on any atom is 0.354 e. The lowest BCUT2D eigenvalue weighted by Crippen LogP contribution is -2.13. The van der Waals surface area contributed by atoms with Gasteiger partial charge < -0.3 is 19.8 Å². The second kappa shape index (κ2) is 5.66. The Morgan fingerprint density at radius 2 is 1.90 bits per heavy atom. The SMILES string of the molecule is COC(=O)c1cc(=O)c2c(OC)cc(NC(C)=O)cc2[nH]1. The molecule has 0 spiro atoms. The maximum atomic E-state index is 12.1. The lowest BCUT2D eigenvalue weighted by molar-refractivity contribution is -0.114. The summed E-state index contributed by atoms with van der Waals surface area (Å²) in [4.78, 5) is 37.6. The van der Waals surface area contributed by atoms with Crippen molar-refractivity contribution in [3.63, 3.8) is 0 Å². The molecule has 7 heteroatoms. The van der Waals surface area contributed by atoms with Crippen LogP contribution in [0.2, 0.25) is 0 Å². The molecule has 1 aromatic heterocycles. The summed E-state index contributed by atoms with van der Waals surface area (Å²) in [5.74, 6) is -0.616. The summed E-state index contributed by atoms with van der Waals surface area (Å²) in [6, 6.07) is 4.23. The first-order chi connectivity index (χ1) is 9.96. The molecule has 0 radical (unpaired) electrons. The Labute approximate surface area is 119 Å². The summed E-state index contributed by atoms with van der Waals surface area (Å²) in [6.07, 6.45) is 0. The number of pyridine rings is 1. The van der Waals surface area contributed by atoms with Crippen LogP contribution in [-0.4, -0.2) is 31.1 Å². The van der Waals surface area contributed by atoms with Gasteiger partial charge in [0.15, 0.2) is 5.43 Å². The van der Waals surface area contributed by atoms with Gasteiger partial charge in [0.1, 0.15) is 11.4 Å². The molecule has 0 fully saturated rings. The maximum absolute atomic E-state index is 12.1. The van der Waals surface area contributed by atoms with Crippen LogP contribution in [0, 0.1) is 0 Å². The van der Waals surface area contributed by atoms with E-state index < -0.39 is 5.97 Å². The second-order valence-corrected chi connectivity index (χ2v) is 4.32. The van der Waals surface area contributed by atoms with Crippen LogP contribution in [0.3, 0.4) is 0 Å². The predicted octanol–water partition coefficient (Wildman–Crippen LogP) is 1.28. The zero-order valence-corrected chi connectivity index (χ0v) is 11.8. The Morgan fingerprint density at radius 1 is 1.19 bits per heavy atom. The van der Waals surface area contributed by atoms with Gasteiger partial charge in [-0.1, -0.05) is 0 Å². The minimum absolute atomic E-state index is 0.0250. The van der Waals surface area contributed by atoms with E-state index in [0.29, 0.717) is 22.3 Å². The largest absolute Gasteiger partial charge is 0.496 e. The third kappa shape index (κ3) is 2.86. The zero-order chi connectivity index (χ0) is 15.6. The van der Waals surface area contributed by atoms with Crippen molar-refractivity contribution in [1.82, 2.24) is 4.98 Å². The topological polar surface area (TPSA) is 97.5 Å². The van der Waals surface area contributed by atoms with Crippen LogP contribution in [-0.2, 0) is 9.53 Å². The molecule has 0 saturated heterocycles. The van der Waals surface area contributed by atoms with Crippen molar-refractivity contribution < 1.29 is 19.1 Å². The minimum Gasteiger partial charge on any atom is -0.496 e. The quantitative estimate of drug-likeness (QED) is 0.830. The third-order valence-electron chi connectivity index (χ3n) is 2.84. The van der Waals surface area contributed by atoms with Gasteiger partial charge >= 0.3 is 5.97 Å². The van der Waals surface area contributed by atoms with E-state index in [-0.39, 0.29) is 17.0 Å². The molecule has 110 valence electrons. The van der Waals surface area contributed by atoms with Crippen molar-refractivity contribution >= 4 is 28.5 Å². The number of esters is 1. The van der Waals surface area contributed by atoms with Gasteiger partial charge in [-0.3, -0.25) is 9.59 Å². The van der Waals surface area contributed by atoms with E-state index in [0.717, 1.165) is 6.07 Å². The first kappa shape index (κ1) is 14.6. The van der Waals surface area contributed by atoms with Gasteiger partial charge in [-0.15, -0.1) is 0 Å². The number of benzene rings is 1. The fourth-order valence-corrected chi connectivity index (χ4v) is 2.01. The number of carbonyl (C=O) groups excluding carboxylic acids is 2. The van der Waals surface area contributed by atoms with Gasteiger partial charge in [0.05, 0.1) is 25.1 Å². The number of aromatic amines is 1. The van der Waals surface area contributed by atoms with E-state index in [4.69, 9.17) is 4.74 Å². The first-order valence-corrected chi connectivity index (χ1v) is 6.07. The highest BCUT2D eigenvalue weighted by molar-refractivity contribution is 5.97. The number of H-pyrrole nitrogens is 1. The molecular formula is C14H14N2O5. The number of ether oxygens (including phenoxy) is 2. The predicted molar refractivity (Wildman–Crippen MR) is 76.8 cm³/mol. The molecular weight excluding hydrogens is 276 g/mol. The van der Waals surface area contributed by atoms with Gasteiger partial charge in [0.2, 0.25) is 5.91 Å². The Balaban J connectivity index is 2.73. The van der Waals surface area contributed by atoms with Gasteiger partial charge in [0, 0.05) is 24.7 Å². The molecule has 1 aromatic carbocycles. The molecule has 1 heterocycles. The number of rotatable bonds is 3. The number of nitrogens with one attached hydrogen (secondary N) is 2. The Kier molecular flexibility index (Phi) is 3.93. The Morgan fingerprint density at radius 3 is 2.48 bits per heavy atom. The summed E-state index contributed by atoms with van der Waals surface area (Å²) in [7, 11) is 2.64. The Bertz CT molecular complexity index is 779. The summed E-state index contributed by atoms with van der Waals surface area (Å²) < 4.78 is 9.75. The van der Waals surface area contributed by atoms with Crippen molar-refractivity contribution in [3.05, 3.63) is 34.1 Å². The number of aromatic nitrogens is 1. The summed E-state index contributed by atoms with van der Waals surface area (Å²) in [6.45, 7) is 1.37. The highest BCUT2D eigenvalue weighted by atomic mass is 16.5. The first-order valence-electron chi connectivity index (χ1n) is 6.07. The number of hydrogen-bond donors (Lipinski definition) is 2. The standard InChI is InChI=1S/C14H14N2O5/c1-7(17)15-8-4-9-13(12(5-8)20-2)11(18)6-10(16-9)14(19)21-3/h4-6H,1-3H3,(H,15,17)(H,16,18). The minimum atomic E-state index is -0.655. The van der Waals surface area contributed by atoms with E-state index in [1.165, 1.54) is 27.2 Å². The molecule has 2 N–H and O–H groups in total. The number of methoxy groups -OCH3 is 2. The molecule has 7 nitrogen and oxygen atoms in total. The van der Waals surface area contributed by atoms with Crippen molar-refractivity contribution in [2.45, 2.75) is 6.92 Å². The fraction of sp³-hybridized carbons (Fsp3) is 0.214. The monoisotopic (exact) mass is 290 g/mol. The molecule has 2 rings (SSSR count). The highest BCUT2D eigenvalue weighted by Gasteiger charge is 2.14. The van der Waals surface area contributed by atoms with E-state index in [2.05, 4.69) is 15.0 Å². The molecule has 0 bridgehead atoms. The average Bonchev–Trinajstić information content (AvgIpc) is 2.44. The number of carbonyl (C=O) groups is 2. The van der Waals surface area contributed by atoms with Crippen molar-refractivity contribution in [1.29, 1.82) is 0 Å². The van der Waals surface area contributed by atoms with Crippen molar-refractivity contribution in [2.24, 2.45) is 0 Å². The molecule has 0 aliphatic carbocycles. The summed E-state index contributed by atoms with van der Waals surface area (Å²) in [5, 5.41) is 2.89. The smallest absolute Gasteiger partial charge is 0.354 e. The van der Waals surface area contributed by atoms with Gasteiger partial charge in [0.25, 0.3) is 0 Å². The van der Waals surface area contributed by atoms with E-state index in [1.807, 2.05) is 0 Å². The number of fused-ring (bicyclic) bond motifs is 1. The molecule has 0 aliphatic heterocycles. The van der Waals surface area contributed by atoms with Crippen LogP contribution in [0.4, 0.5) is 5.69 Å². The van der Waals surface area contributed by atoms with Crippen molar-refractivity contribution in [3.8, 4) is 5.75 Å². The van der Waals surface area contributed by atoms with Crippen LogP contribution >= 0.6 is 0 Å². The average molecular weight is 290 g/mol. The van der Waals surface area contributed by atoms with E-state index >= 15 is 0 Å². The molecule has 0 aliphatic rings. The lowest BCUT2D eigenvalue weighted by Gasteiger charge is -2.10. The normalized spacial score (nSPS) is 10.2. The van der Waals surface area contributed by atoms with Crippen LogP contribution in [0.1, 0.15) is 17.4 Å². The molecule has 2 aromatic rings. The number of hydrogen-bond acceptors (Lipinski definition) is 5. The van der Waals surface area contributed by atoms with E-state index in [9.17, 15) is 14.4 Å². The summed E-state index contributed by atoms with van der Waals surface area (Å²) >= 11 is 0. The Hall–Kier alpha value is -2.83. The fourth-order valence-electron chi connectivity index (χ4n) is 2.01. The van der Waals surface area contributed by atoms with E-state index in [1.54, 1.807) is 6.07 Å². The zero-order valence-electron chi connectivity index (χ0n) is 11.8. The van der Waals surface area contributed by atoms with Gasteiger partial charge in [-0.05, 0) is 6.07 Å². The molecule has 21 heavy (non-hydrogen) atoms. The summed E-state index contributed by atoms with van der Waals surface area (Å²) in [5.41, 5.74) is 0.461. The van der Waals surface area contributed by atoms with Gasteiger partial charge in [-0.2, -0.15) is 0 Å². The number of anilines is 1. The molecule has 1 amide bonds.